The normalized spacial score (nSPS) is 11.8. The second-order valence-corrected chi connectivity index (χ2v) is 5.30. The van der Waals surface area contributed by atoms with Gasteiger partial charge < -0.3 is 5.73 Å². The van der Waals surface area contributed by atoms with Gasteiger partial charge in [0, 0.05) is 0 Å². The van der Waals surface area contributed by atoms with Crippen molar-refractivity contribution in [3.8, 4) is 0 Å². The largest absolute Gasteiger partial charge is 0.318 e. The minimum atomic E-state index is -0.392. The van der Waals surface area contributed by atoms with E-state index in [9.17, 15) is 0 Å². The molecule has 0 bridgehead atoms. The highest BCUT2D eigenvalue weighted by Crippen LogP contribution is 2.32. The SMILES string of the molecule is CC(C)CC(N)(c1ccccc1)c1ccccc1. The number of rotatable bonds is 4. The van der Waals surface area contributed by atoms with E-state index in [0.29, 0.717) is 5.92 Å². The molecule has 0 amide bonds. The maximum Gasteiger partial charge on any atom is 0.0668 e. The van der Waals surface area contributed by atoms with Crippen molar-refractivity contribution in [3.63, 3.8) is 0 Å². The van der Waals surface area contributed by atoms with Gasteiger partial charge in [-0.2, -0.15) is 0 Å². The molecule has 1 nitrogen and oxygen atoms in total. The topological polar surface area (TPSA) is 26.0 Å². The summed E-state index contributed by atoms with van der Waals surface area (Å²) in [6, 6.07) is 20.8. The van der Waals surface area contributed by atoms with Crippen LogP contribution in [0.3, 0.4) is 0 Å². The van der Waals surface area contributed by atoms with Crippen molar-refractivity contribution in [2.24, 2.45) is 11.7 Å². The van der Waals surface area contributed by atoms with Crippen LogP contribution in [0, 0.1) is 5.92 Å². The van der Waals surface area contributed by atoms with Gasteiger partial charge >= 0.3 is 0 Å². The van der Waals surface area contributed by atoms with Crippen LogP contribution in [0.2, 0.25) is 0 Å². The molecule has 0 spiro atoms. The highest BCUT2D eigenvalue weighted by atomic mass is 14.7. The summed E-state index contributed by atoms with van der Waals surface area (Å²) in [5.41, 5.74) is 8.72. The van der Waals surface area contributed by atoms with Crippen molar-refractivity contribution in [2.75, 3.05) is 0 Å². The van der Waals surface area contributed by atoms with Crippen molar-refractivity contribution in [1.29, 1.82) is 0 Å². The van der Waals surface area contributed by atoms with E-state index in [1.54, 1.807) is 0 Å². The molecule has 0 aliphatic carbocycles. The third kappa shape index (κ3) is 2.62. The van der Waals surface area contributed by atoms with Gasteiger partial charge in [-0.1, -0.05) is 74.5 Å². The molecule has 0 fully saturated rings. The molecule has 94 valence electrons. The first-order valence-electron chi connectivity index (χ1n) is 6.53. The van der Waals surface area contributed by atoms with Gasteiger partial charge in [0.2, 0.25) is 0 Å². The predicted octanol–water partition coefficient (Wildman–Crippen LogP) is 3.94. The molecule has 1 heteroatoms. The van der Waals surface area contributed by atoms with E-state index < -0.39 is 5.54 Å². The molecule has 0 heterocycles. The van der Waals surface area contributed by atoms with E-state index in [4.69, 9.17) is 5.73 Å². The molecule has 2 N–H and O–H groups in total. The molecule has 0 aliphatic rings. The first-order valence-corrected chi connectivity index (χ1v) is 6.53. The Kier molecular flexibility index (Phi) is 3.83. The van der Waals surface area contributed by atoms with Crippen LogP contribution in [-0.4, -0.2) is 0 Å². The summed E-state index contributed by atoms with van der Waals surface area (Å²) in [6.45, 7) is 4.43. The van der Waals surface area contributed by atoms with Crippen LogP contribution in [0.25, 0.3) is 0 Å². The lowest BCUT2D eigenvalue weighted by Gasteiger charge is -2.32. The molecule has 0 aromatic heterocycles. The van der Waals surface area contributed by atoms with Crippen molar-refractivity contribution in [3.05, 3.63) is 71.8 Å². The van der Waals surface area contributed by atoms with Gasteiger partial charge in [-0.05, 0) is 23.5 Å². The van der Waals surface area contributed by atoms with Gasteiger partial charge in [0.25, 0.3) is 0 Å². The number of nitrogens with two attached hydrogens (primary N) is 1. The van der Waals surface area contributed by atoms with E-state index in [1.807, 2.05) is 12.1 Å². The van der Waals surface area contributed by atoms with Gasteiger partial charge in [0.05, 0.1) is 5.54 Å². The summed E-state index contributed by atoms with van der Waals surface area (Å²) >= 11 is 0. The van der Waals surface area contributed by atoms with Gasteiger partial charge in [-0.3, -0.25) is 0 Å². The van der Waals surface area contributed by atoms with Crippen molar-refractivity contribution in [1.82, 2.24) is 0 Å². The van der Waals surface area contributed by atoms with Crippen LogP contribution >= 0.6 is 0 Å². The number of hydrogen-bond donors (Lipinski definition) is 1. The molecule has 0 radical (unpaired) electrons. The Bertz CT molecular complexity index is 434. The molecular formula is C17H21N. The molecule has 0 saturated carbocycles. The van der Waals surface area contributed by atoms with Crippen molar-refractivity contribution in [2.45, 2.75) is 25.8 Å². The van der Waals surface area contributed by atoms with Crippen LogP contribution in [0.1, 0.15) is 31.4 Å². The van der Waals surface area contributed by atoms with Gasteiger partial charge in [-0.25, -0.2) is 0 Å². The van der Waals surface area contributed by atoms with Crippen LogP contribution in [0.5, 0.6) is 0 Å². The monoisotopic (exact) mass is 239 g/mol. The molecule has 2 aromatic carbocycles. The fourth-order valence-corrected chi connectivity index (χ4v) is 2.52. The van der Waals surface area contributed by atoms with Gasteiger partial charge in [0.1, 0.15) is 0 Å². The smallest absolute Gasteiger partial charge is 0.0668 e. The molecule has 0 unspecified atom stereocenters. The lowest BCUT2D eigenvalue weighted by Crippen LogP contribution is -2.39. The average molecular weight is 239 g/mol. The van der Waals surface area contributed by atoms with E-state index in [-0.39, 0.29) is 0 Å². The third-order valence-corrected chi connectivity index (χ3v) is 3.31. The molecule has 0 aliphatic heterocycles. The second-order valence-electron chi connectivity index (χ2n) is 5.30. The zero-order valence-electron chi connectivity index (χ0n) is 11.1. The predicted molar refractivity (Wildman–Crippen MR) is 77.3 cm³/mol. The van der Waals surface area contributed by atoms with E-state index in [1.165, 1.54) is 11.1 Å². The maximum atomic E-state index is 6.74. The lowest BCUT2D eigenvalue weighted by atomic mass is 9.78. The molecule has 2 aromatic rings. The molecule has 0 saturated heterocycles. The molecular weight excluding hydrogens is 218 g/mol. The Hall–Kier alpha value is -1.60. The summed E-state index contributed by atoms with van der Waals surface area (Å²) in [6.07, 6.45) is 0.945. The first kappa shape index (κ1) is 12.8. The zero-order valence-corrected chi connectivity index (χ0v) is 11.1. The first-order chi connectivity index (χ1) is 8.63. The molecule has 2 rings (SSSR count). The Morgan fingerprint density at radius 1 is 0.833 bits per heavy atom. The van der Waals surface area contributed by atoms with Crippen LogP contribution in [0.4, 0.5) is 0 Å². The minimum absolute atomic E-state index is 0.392. The van der Waals surface area contributed by atoms with E-state index in [2.05, 4.69) is 62.4 Å². The number of benzene rings is 2. The molecule has 0 atom stereocenters. The second kappa shape index (κ2) is 5.36. The van der Waals surface area contributed by atoms with Gasteiger partial charge in [0.15, 0.2) is 0 Å². The van der Waals surface area contributed by atoms with Crippen LogP contribution in [-0.2, 0) is 5.54 Å². The highest BCUT2D eigenvalue weighted by Gasteiger charge is 2.29. The Morgan fingerprint density at radius 2 is 1.22 bits per heavy atom. The summed E-state index contributed by atoms with van der Waals surface area (Å²) < 4.78 is 0. The number of hydrogen-bond acceptors (Lipinski definition) is 1. The highest BCUT2D eigenvalue weighted by molar-refractivity contribution is 5.37. The Balaban J connectivity index is 2.48. The summed E-state index contributed by atoms with van der Waals surface area (Å²) in [5.74, 6) is 0.551. The Labute approximate surface area is 110 Å². The average Bonchev–Trinajstić information content (AvgIpc) is 2.40. The fraction of sp³-hybridized carbons (Fsp3) is 0.294. The lowest BCUT2D eigenvalue weighted by molar-refractivity contribution is 0.409. The third-order valence-electron chi connectivity index (χ3n) is 3.31. The van der Waals surface area contributed by atoms with Crippen molar-refractivity contribution >= 4 is 0 Å². The Morgan fingerprint density at radius 3 is 1.56 bits per heavy atom. The standard InChI is InChI=1S/C17H21N/c1-14(2)13-17(18,15-9-5-3-6-10-15)16-11-7-4-8-12-16/h3-12,14H,13,18H2,1-2H3. The summed E-state index contributed by atoms with van der Waals surface area (Å²) in [7, 11) is 0. The van der Waals surface area contributed by atoms with E-state index in [0.717, 1.165) is 6.42 Å². The van der Waals surface area contributed by atoms with Crippen LogP contribution < -0.4 is 5.73 Å². The summed E-state index contributed by atoms with van der Waals surface area (Å²) in [4.78, 5) is 0. The summed E-state index contributed by atoms with van der Waals surface area (Å²) in [5, 5.41) is 0. The quantitative estimate of drug-likeness (QED) is 0.859. The van der Waals surface area contributed by atoms with Crippen LogP contribution in [0.15, 0.2) is 60.7 Å². The zero-order chi connectivity index (χ0) is 13.0. The maximum absolute atomic E-state index is 6.74. The minimum Gasteiger partial charge on any atom is -0.318 e. The van der Waals surface area contributed by atoms with E-state index >= 15 is 0 Å². The fourth-order valence-electron chi connectivity index (χ4n) is 2.52. The molecule has 18 heavy (non-hydrogen) atoms. The van der Waals surface area contributed by atoms with Crippen molar-refractivity contribution < 1.29 is 0 Å². The van der Waals surface area contributed by atoms with Gasteiger partial charge in [-0.15, -0.1) is 0 Å².